The van der Waals surface area contributed by atoms with Crippen molar-refractivity contribution in [2.24, 2.45) is 0 Å². The molecule has 2 rings (SSSR count). The molecule has 1 aromatic carbocycles. The highest BCUT2D eigenvalue weighted by Gasteiger charge is 2.37. The largest absolute Gasteiger partial charge is 0.305 e. The number of hydrogen-bond acceptors (Lipinski definition) is 2. The van der Waals surface area contributed by atoms with Crippen LogP contribution < -0.4 is 5.32 Å². The third-order valence-electron chi connectivity index (χ3n) is 3.31. The van der Waals surface area contributed by atoms with Crippen molar-refractivity contribution in [3.8, 4) is 0 Å². The fraction of sp³-hybridized carbons (Fsp3) is 0.462. The second kappa shape index (κ2) is 4.53. The van der Waals surface area contributed by atoms with Gasteiger partial charge in [0, 0.05) is 0 Å². The lowest BCUT2D eigenvalue weighted by Crippen LogP contribution is -2.52. The Kier molecular flexibility index (Phi) is 3.24. The van der Waals surface area contributed by atoms with E-state index >= 15 is 0 Å². The summed E-state index contributed by atoms with van der Waals surface area (Å²) in [5.74, 6) is -2.07. The summed E-state index contributed by atoms with van der Waals surface area (Å²) in [5, 5.41) is 3.07. The number of rotatable bonds is 2. The van der Waals surface area contributed by atoms with Crippen LogP contribution in [0.3, 0.4) is 0 Å². The number of carbonyl (C=O) groups is 1. The molecule has 1 aliphatic rings. The molecule has 0 amide bonds. The van der Waals surface area contributed by atoms with Crippen molar-refractivity contribution >= 4 is 5.78 Å². The van der Waals surface area contributed by atoms with Crippen molar-refractivity contribution in [2.75, 3.05) is 6.54 Å². The van der Waals surface area contributed by atoms with E-state index in [1.807, 2.05) is 0 Å². The lowest BCUT2D eigenvalue weighted by Gasteiger charge is -2.33. The molecule has 0 bridgehead atoms. The summed E-state index contributed by atoms with van der Waals surface area (Å²) >= 11 is 0. The maximum atomic E-state index is 13.5. The first-order chi connectivity index (χ1) is 8.04. The van der Waals surface area contributed by atoms with E-state index < -0.39 is 28.5 Å². The van der Waals surface area contributed by atoms with Crippen LogP contribution in [0, 0.1) is 11.6 Å². The Labute approximate surface area is 99.0 Å². The summed E-state index contributed by atoms with van der Waals surface area (Å²) in [5.41, 5.74) is -1.27. The highest BCUT2D eigenvalue weighted by atomic mass is 19.1. The molecular weight excluding hydrogens is 224 g/mol. The van der Waals surface area contributed by atoms with E-state index in [0.29, 0.717) is 13.0 Å². The van der Waals surface area contributed by atoms with Crippen molar-refractivity contribution in [1.82, 2.24) is 5.32 Å². The maximum absolute atomic E-state index is 13.5. The standard InChI is InChI=1S/C13H15F2NO/c1-13(7-2-3-8-16-13)12(17)11-9(14)5-4-6-10(11)15/h4-6,16H,2-3,7-8H2,1H3. The highest BCUT2D eigenvalue weighted by Crippen LogP contribution is 2.25. The van der Waals surface area contributed by atoms with Crippen molar-refractivity contribution in [3.05, 3.63) is 35.4 Å². The van der Waals surface area contributed by atoms with Gasteiger partial charge in [-0.05, 0) is 44.9 Å². The minimum absolute atomic E-state index is 0.426. The first-order valence-electron chi connectivity index (χ1n) is 5.78. The molecule has 1 aromatic rings. The first-order valence-corrected chi connectivity index (χ1v) is 5.78. The predicted molar refractivity (Wildman–Crippen MR) is 60.9 cm³/mol. The monoisotopic (exact) mass is 239 g/mol. The lowest BCUT2D eigenvalue weighted by molar-refractivity contribution is 0.0825. The van der Waals surface area contributed by atoms with Crippen LogP contribution in [0.1, 0.15) is 36.5 Å². The number of Topliss-reactive ketones (excluding diaryl/α,β-unsaturated/α-hetero) is 1. The van der Waals surface area contributed by atoms with Crippen LogP contribution in [-0.2, 0) is 0 Å². The zero-order valence-electron chi connectivity index (χ0n) is 9.72. The Morgan fingerprint density at radius 1 is 1.29 bits per heavy atom. The van der Waals surface area contributed by atoms with Crippen LogP contribution in [0.5, 0.6) is 0 Å². The van der Waals surface area contributed by atoms with E-state index in [1.54, 1.807) is 6.92 Å². The quantitative estimate of drug-likeness (QED) is 0.804. The Morgan fingerprint density at radius 2 is 1.94 bits per heavy atom. The first kappa shape index (κ1) is 12.2. The van der Waals surface area contributed by atoms with Crippen LogP contribution >= 0.6 is 0 Å². The second-order valence-electron chi connectivity index (χ2n) is 4.64. The summed E-state index contributed by atoms with van der Waals surface area (Å²) < 4.78 is 27.1. The summed E-state index contributed by atoms with van der Waals surface area (Å²) in [7, 11) is 0. The van der Waals surface area contributed by atoms with Gasteiger partial charge in [0.25, 0.3) is 0 Å². The van der Waals surface area contributed by atoms with Crippen molar-refractivity contribution < 1.29 is 13.6 Å². The molecule has 92 valence electrons. The highest BCUT2D eigenvalue weighted by molar-refractivity contribution is 6.03. The van der Waals surface area contributed by atoms with Crippen molar-refractivity contribution in [1.29, 1.82) is 0 Å². The number of ketones is 1. The number of nitrogens with one attached hydrogen (secondary N) is 1. The van der Waals surface area contributed by atoms with Gasteiger partial charge in [-0.1, -0.05) is 6.07 Å². The maximum Gasteiger partial charge on any atom is 0.188 e. The van der Waals surface area contributed by atoms with Crippen molar-refractivity contribution in [2.45, 2.75) is 31.7 Å². The molecule has 17 heavy (non-hydrogen) atoms. The Balaban J connectivity index is 2.36. The minimum Gasteiger partial charge on any atom is -0.305 e. The van der Waals surface area contributed by atoms with Crippen LogP contribution in [-0.4, -0.2) is 17.9 Å². The minimum atomic E-state index is -0.846. The van der Waals surface area contributed by atoms with Crippen LogP contribution in [0.25, 0.3) is 0 Å². The Bertz CT molecular complexity index is 419. The van der Waals surface area contributed by atoms with Gasteiger partial charge in [-0.25, -0.2) is 8.78 Å². The number of piperidine rings is 1. The summed E-state index contributed by atoms with van der Waals surface area (Å²) in [6, 6.07) is 3.49. The van der Waals surface area contributed by atoms with E-state index in [4.69, 9.17) is 0 Å². The molecule has 1 N–H and O–H groups in total. The topological polar surface area (TPSA) is 29.1 Å². The third-order valence-corrected chi connectivity index (χ3v) is 3.31. The zero-order chi connectivity index (χ0) is 12.5. The van der Waals surface area contributed by atoms with Gasteiger partial charge in [0.1, 0.15) is 11.6 Å². The molecule has 1 unspecified atom stereocenters. The smallest absolute Gasteiger partial charge is 0.188 e. The van der Waals surface area contributed by atoms with E-state index in [2.05, 4.69) is 5.32 Å². The van der Waals surface area contributed by atoms with Gasteiger partial charge in [0.05, 0.1) is 11.1 Å². The van der Waals surface area contributed by atoms with Gasteiger partial charge in [0.15, 0.2) is 5.78 Å². The average Bonchev–Trinajstić information content (AvgIpc) is 2.29. The molecule has 1 aliphatic heterocycles. The van der Waals surface area contributed by atoms with Crippen molar-refractivity contribution in [3.63, 3.8) is 0 Å². The molecule has 1 atom stereocenters. The number of carbonyl (C=O) groups excluding carboxylic acids is 1. The van der Waals surface area contributed by atoms with E-state index in [0.717, 1.165) is 25.0 Å². The SMILES string of the molecule is CC1(C(=O)c2c(F)cccc2F)CCCCN1. The second-order valence-corrected chi connectivity index (χ2v) is 4.64. The fourth-order valence-electron chi connectivity index (χ4n) is 2.24. The van der Waals surface area contributed by atoms with E-state index in [9.17, 15) is 13.6 Å². The predicted octanol–water partition coefficient (Wildman–Crippen LogP) is 2.68. The third kappa shape index (κ3) is 2.22. The molecule has 1 heterocycles. The van der Waals surface area contributed by atoms with Gasteiger partial charge in [-0.15, -0.1) is 0 Å². The van der Waals surface area contributed by atoms with E-state index in [1.165, 1.54) is 6.07 Å². The Hall–Kier alpha value is -1.29. The molecule has 0 saturated carbocycles. The molecule has 1 saturated heterocycles. The molecule has 0 spiro atoms. The van der Waals surface area contributed by atoms with Crippen LogP contribution in [0.2, 0.25) is 0 Å². The lowest BCUT2D eigenvalue weighted by atomic mass is 9.83. The summed E-state index contributed by atoms with van der Waals surface area (Å²) in [6.07, 6.45) is 2.49. The van der Waals surface area contributed by atoms with Crippen LogP contribution in [0.4, 0.5) is 8.78 Å². The van der Waals surface area contributed by atoms with Gasteiger partial charge >= 0.3 is 0 Å². The summed E-state index contributed by atoms with van der Waals surface area (Å²) in [4.78, 5) is 12.2. The summed E-state index contributed by atoms with van der Waals surface area (Å²) in [6.45, 7) is 2.42. The number of halogens is 2. The average molecular weight is 239 g/mol. The molecule has 0 radical (unpaired) electrons. The molecule has 0 aliphatic carbocycles. The normalized spacial score (nSPS) is 24.6. The van der Waals surface area contributed by atoms with Crippen LogP contribution in [0.15, 0.2) is 18.2 Å². The molecule has 0 aromatic heterocycles. The zero-order valence-corrected chi connectivity index (χ0v) is 9.72. The molecule has 1 fully saturated rings. The van der Waals surface area contributed by atoms with Gasteiger partial charge in [-0.3, -0.25) is 4.79 Å². The van der Waals surface area contributed by atoms with Gasteiger partial charge < -0.3 is 5.32 Å². The molecular formula is C13H15F2NO. The number of hydrogen-bond donors (Lipinski definition) is 1. The molecule has 2 nitrogen and oxygen atoms in total. The molecule has 4 heteroatoms. The van der Waals surface area contributed by atoms with Gasteiger partial charge in [-0.2, -0.15) is 0 Å². The Morgan fingerprint density at radius 3 is 2.47 bits per heavy atom. The van der Waals surface area contributed by atoms with E-state index in [-0.39, 0.29) is 0 Å². The number of benzene rings is 1. The van der Waals surface area contributed by atoms with Gasteiger partial charge in [0.2, 0.25) is 0 Å². The fourth-order valence-corrected chi connectivity index (χ4v) is 2.24.